The molecule has 1 atom stereocenters. The first kappa shape index (κ1) is 11.5. The maximum absolute atomic E-state index is 11.0. The summed E-state index contributed by atoms with van der Waals surface area (Å²) in [5, 5.41) is 10.7. The number of carboxylic acids is 1. The highest BCUT2D eigenvalue weighted by Crippen LogP contribution is 2.38. The average molecular weight is 261 g/mol. The fourth-order valence-electron chi connectivity index (χ4n) is 1.64. The van der Waals surface area contributed by atoms with Crippen LogP contribution >= 0.6 is 23.4 Å². The Kier molecular flexibility index (Phi) is 2.97. The lowest BCUT2D eigenvalue weighted by Crippen LogP contribution is -2.45. The monoisotopic (exact) mass is 260 g/mol. The van der Waals surface area contributed by atoms with Crippen molar-refractivity contribution in [1.82, 2.24) is 4.53 Å². The molecule has 0 spiro atoms. The molecule has 86 valence electrons. The molecule has 1 aromatic carbocycles. The van der Waals surface area contributed by atoms with Crippen molar-refractivity contribution in [1.29, 1.82) is 0 Å². The maximum atomic E-state index is 11.0. The van der Waals surface area contributed by atoms with E-state index in [2.05, 4.69) is 0 Å². The Morgan fingerprint density at radius 1 is 1.38 bits per heavy atom. The van der Waals surface area contributed by atoms with E-state index in [0.29, 0.717) is 6.54 Å². The number of aliphatic carboxylic acids is 1. The number of nitrogens with zero attached hydrogens (tertiary/aromatic N) is 2. The maximum Gasteiger partial charge on any atom is 0.343 e. The van der Waals surface area contributed by atoms with Crippen LogP contribution in [-0.2, 0) is 4.79 Å². The molecular weight excluding hydrogens is 251 g/mol. The average Bonchev–Trinajstić information content (AvgIpc) is 2.59. The van der Waals surface area contributed by atoms with Gasteiger partial charge in [-0.15, -0.1) is 0 Å². The fraction of sp³-hybridized carbons (Fsp3) is 0.300. The van der Waals surface area contributed by atoms with Gasteiger partial charge in [-0.3, -0.25) is 5.01 Å². The Balaban J connectivity index is 2.26. The van der Waals surface area contributed by atoms with Crippen LogP contribution in [-0.4, -0.2) is 27.1 Å². The molecule has 1 saturated heterocycles. The molecule has 1 aromatic rings. The van der Waals surface area contributed by atoms with Crippen molar-refractivity contribution in [2.45, 2.75) is 11.4 Å². The normalized spacial score (nSPS) is 26.0. The van der Waals surface area contributed by atoms with E-state index >= 15 is 0 Å². The first-order valence-electron chi connectivity index (χ1n) is 4.76. The molecule has 1 fully saturated rings. The van der Waals surface area contributed by atoms with Crippen LogP contribution in [0.1, 0.15) is 6.42 Å². The zero-order valence-corrected chi connectivity index (χ0v) is 9.82. The Morgan fingerprint density at radius 2 is 2.00 bits per heavy atom. The van der Waals surface area contributed by atoms with Gasteiger partial charge in [-0.05, 0) is 12.1 Å². The number of carbonyl (C=O) groups is 1. The van der Waals surface area contributed by atoms with Gasteiger partial charge in [0.05, 0.1) is 5.69 Å². The number of hydrazine groups is 1. The predicted octanol–water partition coefficient (Wildman–Crippen LogP) is 2.29. The third-order valence-corrected chi connectivity index (χ3v) is 3.61. The molecule has 1 heterocycles. The van der Waals surface area contributed by atoms with Crippen LogP contribution in [0.5, 0.6) is 0 Å². The number of anilines is 1. The van der Waals surface area contributed by atoms with E-state index in [1.54, 1.807) is 5.01 Å². The molecule has 0 radical (unpaired) electrons. The van der Waals surface area contributed by atoms with Crippen LogP contribution < -0.4 is 5.01 Å². The molecule has 0 saturated carbocycles. The zero-order chi connectivity index (χ0) is 11.8. The smallest absolute Gasteiger partial charge is 0.343 e. The van der Waals surface area contributed by atoms with E-state index < -0.39 is 11.0 Å². The molecule has 0 bridgehead atoms. The molecule has 1 N–H and O–H groups in total. The first-order chi connectivity index (χ1) is 7.55. The second kappa shape index (κ2) is 4.13. The van der Waals surface area contributed by atoms with Gasteiger partial charge in [0.2, 0.25) is 5.00 Å². The van der Waals surface area contributed by atoms with Gasteiger partial charge in [-0.1, -0.05) is 34.3 Å². The standard InChI is InChI=1S/C10H10Cl2N2O2/c11-10(9(15)16)6-7-13(14(10)12)8-4-2-1-3-5-8/h1-5H,6-7H2,(H,15,16). The molecule has 6 heteroatoms. The highest BCUT2D eigenvalue weighted by atomic mass is 35.5. The van der Waals surface area contributed by atoms with Crippen LogP contribution in [0.3, 0.4) is 0 Å². The number of rotatable bonds is 2. The summed E-state index contributed by atoms with van der Waals surface area (Å²) in [6.07, 6.45) is 0.266. The van der Waals surface area contributed by atoms with Crippen molar-refractivity contribution in [3.63, 3.8) is 0 Å². The van der Waals surface area contributed by atoms with Gasteiger partial charge in [0.15, 0.2) is 0 Å². The van der Waals surface area contributed by atoms with Gasteiger partial charge >= 0.3 is 5.97 Å². The molecule has 0 aromatic heterocycles. The molecule has 1 unspecified atom stereocenters. The highest BCUT2D eigenvalue weighted by Gasteiger charge is 2.50. The zero-order valence-electron chi connectivity index (χ0n) is 8.31. The predicted molar refractivity (Wildman–Crippen MR) is 62.3 cm³/mol. The van der Waals surface area contributed by atoms with Gasteiger partial charge in [0.25, 0.3) is 0 Å². The molecule has 0 aliphatic carbocycles. The van der Waals surface area contributed by atoms with Gasteiger partial charge in [0, 0.05) is 24.7 Å². The molecule has 16 heavy (non-hydrogen) atoms. The Labute approximate surface area is 103 Å². The van der Waals surface area contributed by atoms with Crippen molar-refractivity contribution < 1.29 is 9.90 Å². The van der Waals surface area contributed by atoms with Crippen molar-refractivity contribution >= 4 is 35.0 Å². The second-order valence-electron chi connectivity index (χ2n) is 3.53. The summed E-state index contributed by atoms with van der Waals surface area (Å²) in [6, 6.07) is 9.28. The lowest BCUT2D eigenvalue weighted by Gasteiger charge is -2.29. The highest BCUT2D eigenvalue weighted by molar-refractivity contribution is 6.37. The summed E-state index contributed by atoms with van der Waals surface area (Å²) in [6.45, 7) is 0.476. The molecular formula is C10H10Cl2N2O2. The van der Waals surface area contributed by atoms with E-state index in [0.717, 1.165) is 10.2 Å². The molecule has 4 nitrogen and oxygen atoms in total. The van der Waals surface area contributed by atoms with E-state index in [4.69, 9.17) is 28.5 Å². The van der Waals surface area contributed by atoms with Crippen LogP contribution in [0.2, 0.25) is 0 Å². The van der Waals surface area contributed by atoms with E-state index in [9.17, 15) is 4.79 Å². The van der Waals surface area contributed by atoms with Gasteiger partial charge in [-0.2, -0.15) is 0 Å². The van der Waals surface area contributed by atoms with E-state index in [-0.39, 0.29) is 6.42 Å². The Bertz CT molecular complexity index is 401. The van der Waals surface area contributed by atoms with Crippen molar-refractivity contribution in [2.75, 3.05) is 11.6 Å². The lowest BCUT2D eigenvalue weighted by molar-refractivity contribution is -0.142. The second-order valence-corrected chi connectivity index (χ2v) is 4.48. The number of carboxylic acid groups (broad SMARTS) is 1. The van der Waals surface area contributed by atoms with Crippen molar-refractivity contribution in [3.05, 3.63) is 30.3 Å². The van der Waals surface area contributed by atoms with Gasteiger partial charge in [0.1, 0.15) is 0 Å². The first-order valence-corrected chi connectivity index (χ1v) is 5.48. The van der Waals surface area contributed by atoms with Gasteiger partial charge < -0.3 is 5.11 Å². The minimum absolute atomic E-state index is 0.266. The molecule has 2 rings (SSSR count). The summed E-state index contributed by atoms with van der Waals surface area (Å²) < 4.78 is 1.05. The summed E-state index contributed by atoms with van der Waals surface area (Å²) in [5.41, 5.74) is 0.821. The Hall–Kier alpha value is -0.970. The van der Waals surface area contributed by atoms with Crippen LogP contribution in [0.25, 0.3) is 0 Å². The fourth-order valence-corrected chi connectivity index (χ4v) is 2.14. The van der Waals surface area contributed by atoms with Crippen LogP contribution in [0.4, 0.5) is 5.69 Å². The number of hydrogen-bond donors (Lipinski definition) is 1. The van der Waals surface area contributed by atoms with E-state index in [1.807, 2.05) is 30.3 Å². The third kappa shape index (κ3) is 1.73. The number of hydrogen-bond acceptors (Lipinski definition) is 3. The largest absolute Gasteiger partial charge is 0.479 e. The van der Waals surface area contributed by atoms with Crippen molar-refractivity contribution in [2.24, 2.45) is 0 Å². The SMILES string of the molecule is O=C(O)C1(Cl)CCN(c2ccccc2)N1Cl. The number of benzene rings is 1. The van der Waals surface area contributed by atoms with Crippen LogP contribution in [0, 0.1) is 0 Å². The summed E-state index contributed by atoms with van der Waals surface area (Å²) in [4.78, 5) is 9.47. The number of para-hydroxylation sites is 1. The van der Waals surface area contributed by atoms with Gasteiger partial charge in [-0.25, -0.2) is 4.79 Å². The molecule has 0 amide bonds. The number of halogens is 2. The molecule has 1 aliphatic rings. The minimum atomic E-state index is -1.56. The lowest BCUT2D eigenvalue weighted by atomic mass is 10.2. The van der Waals surface area contributed by atoms with E-state index in [1.165, 1.54) is 0 Å². The number of alkyl halides is 1. The van der Waals surface area contributed by atoms with Crippen LogP contribution in [0.15, 0.2) is 30.3 Å². The topological polar surface area (TPSA) is 43.8 Å². The quantitative estimate of drug-likeness (QED) is 0.504. The summed E-state index contributed by atoms with van der Waals surface area (Å²) in [5.74, 6) is -1.14. The molecule has 1 aliphatic heterocycles. The summed E-state index contributed by atoms with van der Waals surface area (Å²) >= 11 is 11.9. The minimum Gasteiger partial charge on any atom is -0.479 e. The van der Waals surface area contributed by atoms with Crippen molar-refractivity contribution in [3.8, 4) is 0 Å². The Morgan fingerprint density at radius 3 is 2.50 bits per heavy atom. The summed E-state index contributed by atoms with van der Waals surface area (Å²) in [7, 11) is 0. The third-order valence-electron chi connectivity index (χ3n) is 2.54.